The van der Waals surface area contributed by atoms with Gasteiger partial charge >= 0.3 is 0 Å². The summed E-state index contributed by atoms with van der Waals surface area (Å²) in [5, 5.41) is 0. The number of Topliss-reactive ketones (excluding diaryl/α,β-unsaturated/α-hetero) is 1. The van der Waals surface area contributed by atoms with Gasteiger partial charge in [0.05, 0.1) is 7.11 Å². The maximum atomic E-state index is 12.7. The molecule has 0 aromatic heterocycles. The van der Waals surface area contributed by atoms with Gasteiger partial charge in [-0.1, -0.05) is 35.2 Å². The van der Waals surface area contributed by atoms with Crippen LogP contribution in [0.1, 0.15) is 37.7 Å². The lowest BCUT2D eigenvalue weighted by Gasteiger charge is -2.34. The van der Waals surface area contributed by atoms with Crippen LogP contribution in [-0.2, 0) is 16.0 Å². The predicted molar refractivity (Wildman–Crippen MR) is 82.2 cm³/mol. The highest BCUT2D eigenvalue weighted by Crippen LogP contribution is 2.34. The molecule has 1 aliphatic carbocycles. The largest absolute Gasteiger partial charge is 0.497 e. The highest BCUT2D eigenvalue weighted by molar-refractivity contribution is 9.10. The Morgan fingerprint density at radius 3 is 2.55 bits per heavy atom. The SMILES string of the molecule is COc1ccc(Br)c(CC(=O)C2(OC)CCCCC2)c1. The molecule has 0 aliphatic heterocycles. The van der Waals surface area contributed by atoms with E-state index in [4.69, 9.17) is 9.47 Å². The first-order chi connectivity index (χ1) is 9.61. The molecule has 0 saturated heterocycles. The smallest absolute Gasteiger partial charge is 0.168 e. The number of ketones is 1. The molecule has 1 aromatic carbocycles. The Bertz CT molecular complexity index is 479. The zero-order valence-corrected chi connectivity index (χ0v) is 13.7. The van der Waals surface area contributed by atoms with E-state index < -0.39 is 5.60 Å². The van der Waals surface area contributed by atoms with Crippen LogP contribution in [0.3, 0.4) is 0 Å². The Morgan fingerprint density at radius 2 is 1.95 bits per heavy atom. The molecular weight excluding hydrogens is 320 g/mol. The number of benzene rings is 1. The summed E-state index contributed by atoms with van der Waals surface area (Å²) in [5.74, 6) is 0.944. The molecule has 0 heterocycles. The van der Waals surface area contributed by atoms with Crippen LogP contribution in [0.15, 0.2) is 22.7 Å². The Morgan fingerprint density at radius 1 is 1.25 bits per heavy atom. The van der Waals surface area contributed by atoms with E-state index in [0.717, 1.165) is 41.5 Å². The maximum Gasteiger partial charge on any atom is 0.168 e. The van der Waals surface area contributed by atoms with Crippen LogP contribution in [0.4, 0.5) is 0 Å². The number of hydrogen-bond acceptors (Lipinski definition) is 3. The molecule has 1 saturated carbocycles. The summed E-state index contributed by atoms with van der Waals surface area (Å²) >= 11 is 3.50. The Hall–Kier alpha value is -0.870. The van der Waals surface area contributed by atoms with Gasteiger partial charge in [-0.15, -0.1) is 0 Å². The van der Waals surface area contributed by atoms with Crippen molar-refractivity contribution in [2.24, 2.45) is 0 Å². The van der Waals surface area contributed by atoms with E-state index in [1.54, 1.807) is 14.2 Å². The molecule has 0 spiro atoms. The Balaban J connectivity index is 2.18. The molecule has 20 heavy (non-hydrogen) atoms. The summed E-state index contributed by atoms with van der Waals surface area (Å²) in [6, 6.07) is 5.71. The van der Waals surface area contributed by atoms with Gasteiger partial charge < -0.3 is 9.47 Å². The highest BCUT2D eigenvalue weighted by Gasteiger charge is 2.39. The van der Waals surface area contributed by atoms with Crippen molar-refractivity contribution >= 4 is 21.7 Å². The lowest BCUT2D eigenvalue weighted by Crippen LogP contribution is -2.43. The van der Waals surface area contributed by atoms with Gasteiger partial charge in [0.2, 0.25) is 0 Å². The summed E-state index contributed by atoms with van der Waals surface area (Å²) in [6.45, 7) is 0. The van der Waals surface area contributed by atoms with Gasteiger partial charge in [-0.05, 0) is 36.6 Å². The standard InChI is InChI=1S/C16H21BrO3/c1-19-13-6-7-14(17)12(10-13)11-15(18)16(20-2)8-4-3-5-9-16/h6-7,10H,3-5,8-9,11H2,1-2H3. The van der Waals surface area contributed by atoms with Crippen LogP contribution < -0.4 is 4.74 Å². The van der Waals surface area contributed by atoms with E-state index in [1.165, 1.54) is 6.42 Å². The molecule has 0 radical (unpaired) electrons. The second kappa shape index (κ2) is 6.72. The molecule has 110 valence electrons. The zero-order valence-electron chi connectivity index (χ0n) is 12.1. The van der Waals surface area contributed by atoms with E-state index in [2.05, 4.69) is 15.9 Å². The summed E-state index contributed by atoms with van der Waals surface area (Å²) in [4.78, 5) is 12.7. The molecule has 3 nitrogen and oxygen atoms in total. The summed E-state index contributed by atoms with van der Waals surface area (Å²) in [5.41, 5.74) is 0.372. The van der Waals surface area contributed by atoms with E-state index in [1.807, 2.05) is 18.2 Å². The van der Waals surface area contributed by atoms with E-state index in [0.29, 0.717) is 6.42 Å². The van der Waals surface area contributed by atoms with Gasteiger partial charge in [-0.25, -0.2) is 0 Å². The molecule has 0 amide bonds. The minimum Gasteiger partial charge on any atom is -0.497 e. The van der Waals surface area contributed by atoms with Crippen LogP contribution in [-0.4, -0.2) is 25.6 Å². The van der Waals surface area contributed by atoms with E-state index in [9.17, 15) is 4.79 Å². The molecule has 0 bridgehead atoms. The molecule has 2 rings (SSSR count). The Labute approximate surface area is 128 Å². The fourth-order valence-electron chi connectivity index (χ4n) is 2.87. The van der Waals surface area contributed by atoms with Gasteiger partial charge in [-0.3, -0.25) is 4.79 Å². The Kier molecular flexibility index (Phi) is 5.22. The van der Waals surface area contributed by atoms with Crippen molar-refractivity contribution in [1.29, 1.82) is 0 Å². The first kappa shape index (κ1) is 15.5. The third kappa shape index (κ3) is 3.23. The number of halogens is 1. The van der Waals surface area contributed by atoms with Crippen LogP contribution in [0, 0.1) is 0 Å². The van der Waals surface area contributed by atoms with Crippen molar-refractivity contribution in [3.8, 4) is 5.75 Å². The molecule has 0 atom stereocenters. The normalized spacial score (nSPS) is 17.8. The third-order valence-electron chi connectivity index (χ3n) is 4.16. The minimum absolute atomic E-state index is 0.175. The number of hydrogen-bond donors (Lipinski definition) is 0. The predicted octanol–water partition coefficient (Wildman–Crippen LogP) is 3.92. The van der Waals surface area contributed by atoms with E-state index >= 15 is 0 Å². The fourth-order valence-corrected chi connectivity index (χ4v) is 3.25. The molecular formula is C16H21BrO3. The van der Waals surface area contributed by atoms with E-state index in [-0.39, 0.29) is 5.78 Å². The first-order valence-electron chi connectivity index (χ1n) is 7.02. The van der Waals surface area contributed by atoms with Gasteiger partial charge in [0, 0.05) is 18.0 Å². The van der Waals surface area contributed by atoms with Gasteiger partial charge in [0.1, 0.15) is 11.4 Å². The number of carbonyl (C=O) groups excluding carboxylic acids is 1. The van der Waals surface area contributed by atoms with Crippen molar-refractivity contribution in [3.05, 3.63) is 28.2 Å². The van der Waals surface area contributed by atoms with Crippen LogP contribution in [0.2, 0.25) is 0 Å². The topological polar surface area (TPSA) is 35.5 Å². The quantitative estimate of drug-likeness (QED) is 0.814. The molecule has 1 aliphatic rings. The lowest BCUT2D eigenvalue weighted by molar-refractivity contribution is -0.144. The summed E-state index contributed by atoms with van der Waals surface area (Å²) in [6.07, 6.45) is 5.39. The molecule has 4 heteroatoms. The fraction of sp³-hybridized carbons (Fsp3) is 0.562. The monoisotopic (exact) mass is 340 g/mol. The number of carbonyl (C=O) groups is 1. The van der Waals surface area contributed by atoms with Crippen molar-refractivity contribution < 1.29 is 14.3 Å². The highest BCUT2D eigenvalue weighted by atomic mass is 79.9. The van der Waals surface area contributed by atoms with Gasteiger partial charge in [0.25, 0.3) is 0 Å². The van der Waals surface area contributed by atoms with Crippen LogP contribution >= 0.6 is 15.9 Å². The van der Waals surface area contributed by atoms with Crippen molar-refractivity contribution in [1.82, 2.24) is 0 Å². The van der Waals surface area contributed by atoms with Gasteiger partial charge in [-0.2, -0.15) is 0 Å². The van der Waals surface area contributed by atoms with Crippen molar-refractivity contribution in [2.45, 2.75) is 44.1 Å². The number of rotatable bonds is 5. The zero-order chi connectivity index (χ0) is 14.6. The minimum atomic E-state index is -0.583. The van der Waals surface area contributed by atoms with Crippen molar-refractivity contribution in [3.63, 3.8) is 0 Å². The average Bonchev–Trinajstić information content (AvgIpc) is 2.50. The summed E-state index contributed by atoms with van der Waals surface area (Å²) < 4.78 is 11.8. The maximum absolute atomic E-state index is 12.7. The molecule has 1 fully saturated rings. The number of ether oxygens (including phenoxy) is 2. The van der Waals surface area contributed by atoms with Crippen LogP contribution in [0.25, 0.3) is 0 Å². The van der Waals surface area contributed by atoms with Gasteiger partial charge in [0.15, 0.2) is 5.78 Å². The third-order valence-corrected chi connectivity index (χ3v) is 4.94. The molecule has 0 N–H and O–H groups in total. The second-order valence-corrected chi connectivity index (χ2v) is 6.17. The summed E-state index contributed by atoms with van der Waals surface area (Å²) in [7, 11) is 3.29. The first-order valence-corrected chi connectivity index (χ1v) is 7.81. The second-order valence-electron chi connectivity index (χ2n) is 5.32. The average molecular weight is 341 g/mol. The lowest BCUT2D eigenvalue weighted by atomic mass is 9.79. The van der Waals surface area contributed by atoms with Crippen molar-refractivity contribution in [2.75, 3.05) is 14.2 Å². The molecule has 0 unspecified atom stereocenters. The number of methoxy groups -OCH3 is 2. The molecule has 1 aromatic rings. The van der Waals surface area contributed by atoms with Crippen LogP contribution in [0.5, 0.6) is 5.75 Å².